The van der Waals surface area contributed by atoms with Crippen LogP contribution in [0.2, 0.25) is 0 Å². The van der Waals surface area contributed by atoms with Crippen LogP contribution in [0.25, 0.3) is 0 Å². The van der Waals surface area contributed by atoms with Gasteiger partial charge in [-0.1, -0.05) is 12.2 Å². The zero-order chi connectivity index (χ0) is 12.9. The molecule has 3 atom stereocenters. The number of nitrogens with one attached hydrogen (secondary N) is 1. The average Bonchev–Trinajstić information content (AvgIpc) is 2.68. The van der Waals surface area contributed by atoms with Gasteiger partial charge in [0, 0.05) is 18.0 Å². The second-order valence-corrected chi connectivity index (χ2v) is 4.83. The van der Waals surface area contributed by atoms with Crippen LogP contribution in [-0.4, -0.2) is 6.04 Å². The highest BCUT2D eigenvalue weighted by atomic mass is 19.2. The van der Waals surface area contributed by atoms with E-state index in [1.54, 1.807) is 0 Å². The summed E-state index contributed by atoms with van der Waals surface area (Å²) in [5, 5.41) is 2.59. The Morgan fingerprint density at radius 3 is 2.33 bits per heavy atom. The maximum atomic E-state index is 13.4. The first-order chi connectivity index (χ1) is 8.58. The van der Waals surface area contributed by atoms with Crippen molar-refractivity contribution < 1.29 is 17.6 Å². The molecule has 0 radical (unpaired) electrons. The molecule has 18 heavy (non-hydrogen) atoms. The molecular formula is C13H11F4N. The van der Waals surface area contributed by atoms with Gasteiger partial charge in [0.1, 0.15) is 5.69 Å². The Morgan fingerprint density at radius 2 is 1.72 bits per heavy atom. The molecule has 0 heterocycles. The summed E-state index contributed by atoms with van der Waals surface area (Å²) >= 11 is 0. The predicted molar refractivity (Wildman–Crippen MR) is 59.0 cm³/mol. The van der Waals surface area contributed by atoms with Gasteiger partial charge in [0.05, 0.1) is 0 Å². The molecule has 2 aliphatic carbocycles. The van der Waals surface area contributed by atoms with E-state index < -0.39 is 29.0 Å². The van der Waals surface area contributed by atoms with Crippen LogP contribution in [0.1, 0.15) is 12.8 Å². The van der Waals surface area contributed by atoms with Crippen molar-refractivity contribution in [1.29, 1.82) is 0 Å². The molecule has 96 valence electrons. The van der Waals surface area contributed by atoms with Gasteiger partial charge in [-0.3, -0.25) is 0 Å². The van der Waals surface area contributed by atoms with Crippen LogP contribution in [0.3, 0.4) is 0 Å². The molecule has 0 saturated heterocycles. The van der Waals surface area contributed by atoms with Crippen LogP contribution in [0.5, 0.6) is 0 Å². The van der Waals surface area contributed by atoms with Gasteiger partial charge in [-0.15, -0.1) is 0 Å². The van der Waals surface area contributed by atoms with E-state index in [-0.39, 0.29) is 18.0 Å². The summed E-state index contributed by atoms with van der Waals surface area (Å²) in [4.78, 5) is 0. The second-order valence-electron chi connectivity index (χ2n) is 4.83. The van der Waals surface area contributed by atoms with E-state index in [1.165, 1.54) is 0 Å². The van der Waals surface area contributed by atoms with Crippen molar-refractivity contribution in [2.45, 2.75) is 18.9 Å². The molecular weight excluding hydrogens is 246 g/mol. The molecule has 3 rings (SSSR count). The summed E-state index contributed by atoms with van der Waals surface area (Å²) in [5.41, 5.74) is -0.698. The summed E-state index contributed by atoms with van der Waals surface area (Å²) in [5.74, 6) is -4.79. The Hall–Kier alpha value is -1.52. The number of benzene rings is 1. The Balaban J connectivity index is 1.87. The van der Waals surface area contributed by atoms with Gasteiger partial charge in [-0.2, -0.15) is 0 Å². The smallest absolute Gasteiger partial charge is 0.185 e. The van der Waals surface area contributed by atoms with Gasteiger partial charge >= 0.3 is 0 Å². The molecule has 5 heteroatoms. The predicted octanol–water partition coefficient (Wildman–Crippen LogP) is 3.62. The molecule has 1 N–H and O–H groups in total. The minimum absolute atomic E-state index is 0.154. The van der Waals surface area contributed by atoms with Gasteiger partial charge in [0.2, 0.25) is 0 Å². The first-order valence-electron chi connectivity index (χ1n) is 5.84. The van der Waals surface area contributed by atoms with Crippen molar-refractivity contribution in [3.8, 4) is 0 Å². The number of anilines is 1. The molecule has 1 fully saturated rings. The lowest BCUT2D eigenvalue weighted by molar-refractivity contribution is 0.216. The highest BCUT2D eigenvalue weighted by molar-refractivity contribution is 5.49. The fourth-order valence-corrected chi connectivity index (χ4v) is 2.77. The Kier molecular flexibility index (Phi) is 2.57. The first-order valence-corrected chi connectivity index (χ1v) is 5.84. The molecule has 2 aliphatic rings. The van der Waals surface area contributed by atoms with Crippen molar-refractivity contribution in [3.05, 3.63) is 41.5 Å². The summed E-state index contributed by atoms with van der Waals surface area (Å²) in [6.45, 7) is 0. The van der Waals surface area contributed by atoms with Crippen molar-refractivity contribution >= 4 is 5.69 Å². The molecule has 1 saturated carbocycles. The van der Waals surface area contributed by atoms with Crippen LogP contribution in [-0.2, 0) is 0 Å². The van der Waals surface area contributed by atoms with E-state index in [0.29, 0.717) is 5.92 Å². The Labute approximate surface area is 101 Å². The highest BCUT2D eigenvalue weighted by Crippen LogP contribution is 2.44. The quantitative estimate of drug-likeness (QED) is 0.484. The van der Waals surface area contributed by atoms with E-state index in [4.69, 9.17) is 0 Å². The van der Waals surface area contributed by atoms with Gasteiger partial charge in [-0.05, 0) is 18.8 Å². The van der Waals surface area contributed by atoms with Crippen molar-refractivity contribution in [2.24, 2.45) is 11.8 Å². The molecule has 0 bridgehead atoms. The Morgan fingerprint density at radius 1 is 1.06 bits per heavy atom. The van der Waals surface area contributed by atoms with Crippen LogP contribution in [0, 0.1) is 35.1 Å². The maximum Gasteiger partial charge on any atom is 0.185 e. The number of hydrogen-bond acceptors (Lipinski definition) is 1. The normalized spacial score (nSPS) is 29.0. The van der Waals surface area contributed by atoms with Crippen LogP contribution < -0.4 is 5.32 Å². The van der Waals surface area contributed by atoms with Crippen LogP contribution >= 0.6 is 0 Å². The minimum atomic E-state index is -1.38. The fraction of sp³-hybridized carbons (Fsp3) is 0.385. The topological polar surface area (TPSA) is 12.0 Å². The standard InChI is InChI=1S/C13H11F4N/c14-8-5-9(15)12(17)13(11(8)16)18-10-4-6-2-1-3-7(6)10/h1,3,5-7,10,18H,2,4H2. The van der Waals surface area contributed by atoms with Crippen LogP contribution in [0.15, 0.2) is 18.2 Å². The molecule has 0 aromatic heterocycles. The van der Waals surface area contributed by atoms with Crippen molar-refractivity contribution in [2.75, 3.05) is 5.32 Å². The molecule has 0 amide bonds. The maximum absolute atomic E-state index is 13.4. The largest absolute Gasteiger partial charge is 0.377 e. The van der Waals surface area contributed by atoms with Gasteiger partial charge in [-0.25, -0.2) is 17.6 Å². The fourth-order valence-electron chi connectivity index (χ4n) is 2.77. The number of fused-ring (bicyclic) bond motifs is 1. The van der Waals surface area contributed by atoms with E-state index in [1.807, 2.05) is 12.2 Å². The average molecular weight is 257 g/mol. The third-order valence-electron chi connectivity index (χ3n) is 3.80. The van der Waals surface area contributed by atoms with E-state index in [0.717, 1.165) is 12.8 Å². The number of halogens is 4. The molecule has 0 aliphatic heterocycles. The highest BCUT2D eigenvalue weighted by Gasteiger charge is 2.41. The summed E-state index contributed by atoms with van der Waals surface area (Å²) in [6, 6.07) is 0.0634. The summed E-state index contributed by atoms with van der Waals surface area (Å²) in [7, 11) is 0. The number of allylic oxidation sites excluding steroid dienone is 1. The SMILES string of the molecule is Fc1cc(F)c(F)c(NC2CC3CC=CC32)c1F. The zero-order valence-corrected chi connectivity index (χ0v) is 9.39. The lowest BCUT2D eigenvalue weighted by atomic mass is 9.71. The van der Waals surface area contributed by atoms with Crippen LogP contribution in [0.4, 0.5) is 23.2 Å². The minimum Gasteiger partial charge on any atom is -0.377 e. The van der Waals surface area contributed by atoms with Gasteiger partial charge < -0.3 is 5.32 Å². The van der Waals surface area contributed by atoms with Crippen molar-refractivity contribution in [1.82, 2.24) is 0 Å². The molecule has 1 aromatic carbocycles. The molecule has 1 aromatic rings. The second kappa shape index (κ2) is 4.00. The number of hydrogen-bond donors (Lipinski definition) is 1. The first kappa shape index (κ1) is 11.6. The monoisotopic (exact) mass is 257 g/mol. The Bertz CT molecular complexity index is 500. The third kappa shape index (κ3) is 1.61. The number of rotatable bonds is 2. The van der Waals surface area contributed by atoms with Gasteiger partial charge in [0.15, 0.2) is 23.3 Å². The van der Waals surface area contributed by atoms with Gasteiger partial charge in [0.25, 0.3) is 0 Å². The van der Waals surface area contributed by atoms with E-state index in [9.17, 15) is 17.6 Å². The lowest BCUT2D eigenvalue weighted by Crippen LogP contribution is -2.43. The molecule has 1 nitrogen and oxygen atoms in total. The van der Waals surface area contributed by atoms with E-state index in [2.05, 4.69) is 5.32 Å². The lowest BCUT2D eigenvalue weighted by Gasteiger charge is -2.41. The summed E-state index contributed by atoms with van der Waals surface area (Å²) < 4.78 is 52.9. The summed E-state index contributed by atoms with van der Waals surface area (Å²) in [6.07, 6.45) is 5.73. The molecule has 3 unspecified atom stereocenters. The zero-order valence-electron chi connectivity index (χ0n) is 9.39. The molecule has 0 spiro atoms. The van der Waals surface area contributed by atoms with Crippen molar-refractivity contribution in [3.63, 3.8) is 0 Å². The third-order valence-corrected chi connectivity index (χ3v) is 3.80. The van der Waals surface area contributed by atoms with E-state index >= 15 is 0 Å².